The predicted molar refractivity (Wildman–Crippen MR) is 109 cm³/mol. The number of piperidine rings is 1. The molecule has 0 N–H and O–H groups in total. The largest absolute Gasteiger partial charge is 0.382 e. The summed E-state index contributed by atoms with van der Waals surface area (Å²) in [5.74, 6) is 0.0941. The van der Waals surface area contributed by atoms with Gasteiger partial charge in [0.25, 0.3) is 11.8 Å². The Balaban J connectivity index is 1.43. The second-order valence-corrected chi connectivity index (χ2v) is 8.07. The van der Waals surface area contributed by atoms with Gasteiger partial charge in [0.05, 0.1) is 24.8 Å². The van der Waals surface area contributed by atoms with Gasteiger partial charge in [-0.25, -0.2) is 0 Å². The molecular weight excluding hydrogens is 390 g/mol. The summed E-state index contributed by atoms with van der Waals surface area (Å²) in [6, 6.07) is 5.72. The summed E-state index contributed by atoms with van der Waals surface area (Å²) >= 11 is 1.53. The molecule has 154 valence electrons. The van der Waals surface area contributed by atoms with Crippen molar-refractivity contribution in [3.63, 3.8) is 0 Å². The molecule has 0 spiro atoms. The fourth-order valence-corrected chi connectivity index (χ4v) is 4.75. The average molecular weight is 416 g/mol. The van der Waals surface area contributed by atoms with Crippen LogP contribution in [0.15, 0.2) is 41.4 Å². The quantitative estimate of drug-likeness (QED) is 0.513. The third kappa shape index (κ3) is 4.05. The van der Waals surface area contributed by atoms with Crippen molar-refractivity contribution in [3.05, 3.63) is 52.5 Å². The van der Waals surface area contributed by atoms with E-state index in [9.17, 15) is 9.59 Å². The van der Waals surface area contributed by atoms with Crippen LogP contribution in [0.25, 0.3) is 0 Å². The van der Waals surface area contributed by atoms with Crippen molar-refractivity contribution in [2.45, 2.75) is 31.0 Å². The number of amides is 2. The van der Waals surface area contributed by atoms with Crippen molar-refractivity contribution < 1.29 is 19.1 Å². The molecule has 4 rings (SSSR count). The number of ether oxygens (including phenoxy) is 2. The van der Waals surface area contributed by atoms with Crippen molar-refractivity contribution in [2.24, 2.45) is 0 Å². The Bertz CT molecular complexity index is 822. The van der Waals surface area contributed by atoms with E-state index in [1.807, 2.05) is 38.8 Å². The van der Waals surface area contributed by atoms with Gasteiger partial charge in [-0.1, -0.05) is 0 Å². The van der Waals surface area contributed by atoms with Crippen LogP contribution in [0.2, 0.25) is 0 Å². The Hall–Kier alpha value is -2.29. The first-order valence-electron chi connectivity index (χ1n) is 9.85. The molecule has 2 atom stereocenters. The van der Waals surface area contributed by atoms with Crippen LogP contribution in [0.3, 0.4) is 0 Å². The molecule has 2 aliphatic rings. The molecule has 0 unspecified atom stereocenters. The summed E-state index contributed by atoms with van der Waals surface area (Å²) in [7, 11) is 1.61. The highest BCUT2D eigenvalue weighted by Crippen LogP contribution is 2.40. The fraction of sp³-hybridized carbons (Fsp3) is 0.476. The highest BCUT2D eigenvalue weighted by Gasteiger charge is 2.52. The summed E-state index contributed by atoms with van der Waals surface area (Å²) in [6.07, 6.45) is 4.54. The maximum Gasteiger partial charge on any atom is 0.255 e. The number of carbonyl (C=O) groups excluding carboxylic acids is 2. The minimum atomic E-state index is -0.488. The van der Waals surface area contributed by atoms with Gasteiger partial charge in [-0.3, -0.25) is 14.6 Å². The minimum absolute atomic E-state index is 0.0190. The van der Waals surface area contributed by atoms with Gasteiger partial charge < -0.3 is 19.3 Å². The number of likely N-dealkylation sites (tertiary alicyclic amines) is 2. The SMILES string of the molecule is COCCO[C@H]1C(=O)N(C2CCN(C(=O)c3ccsc3)CC2)[C@H]1c1ccncc1. The highest BCUT2D eigenvalue weighted by atomic mass is 32.1. The number of thiophene rings is 1. The zero-order valence-electron chi connectivity index (χ0n) is 16.4. The zero-order chi connectivity index (χ0) is 20.2. The first-order chi connectivity index (χ1) is 14.2. The number of hydrogen-bond donors (Lipinski definition) is 0. The molecule has 2 aliphatic heterocycles. The van der Waals surface area contributed by atoms with E-state index in [0.29, 0.717) is 26.3 Å². The first-order valence-corrected chi connectivity index (χ1v) is 10.8. The molecule has 7 nitrogen and oxygen atoms in total. The molecule has 4 heterocycles. The van der Waals surface area contributed by atoms with Crippen molar-refractivity contribution in [1.82, 2.24) is 14.8 Å². The van der Waals surface area contributed by atoms with Crippen LogP contribution < -0.4 is 0 Å². The van der Waals surface area contributed by atoms with Crippen LogP contribution in [0.4, 0.5) is 0 Å². The van der Waals surface area contributed by atoms with Gasteiger partial charge >= 0.3 is 0 Å². The molecule has 2 amide bonds. The van der Waals surface area contributed by atoms with Crippen molar-refractivity contribution in [2.75, 3.05) is 33.4 Å². The maximum absolute atomic E-state index is 12.9. The topological polar surface area (TPSA) is 72.0 Å². The number of hydrogen-bond acceptors (Lipinski definition) is 6. The molecule has 0 aliphatic carbocycles. The normalized spacial score (nSPS) is 22.6. The van der Waals surface area contributed by atoms with Gasteiger partial charge in [0, 0.05) is 44.0 Å². The van der Waals surface area contributed by atoms with E-state index in [1.54, 1.807) is 19.5 Å². The summed E-state index contributed by atoms with van der Waals surface area (Å²) in [6.45, 7) is 2.15. The highest BCUT2D eigenvalue weighted by molar-refractivity contribution is 7.08. The number of carbonyl (C=O) groups is 2. The Morgan fingerprint density at radius 3 is 2.62 bits per heavy atom. The van der Waals surface area contributed by atoms with E-state index in [1.165, 1.54) is 11.3 Å². The van der Waals surface area contributed by atoms with E-state index in [-0.39, 0.29) is 23.9 Å². The second kappa shape index (κ2) is 9.02. The Morgan fingerprint density at radius 2 is 1.97 bits per heavy atom. The monoisotopic (exact) mass is 415 g/mol. The standard InChI is InChI=1S/C21H25N3O4S/c1-27-11-12-28-19-18(15-2-7-22-8-3-15)24(21(19)26)17-4-9-23(10-5-17)20(25)16-6-13-29-14-16/h2-3,6-8,13-14,17-19H,4-5,9-12H2,1H3/t18-,19+/m0/s1. The lowest BCUT2D eigenvalue weighted by atomic mass is 9.86. The zero-order valence-corrected chi connectivity index (χ0v) is 17.2. The van der Waals surface area contributed by atoms with Gasteiger partial charge in [-0.15, -0.1) is 0 Å². The van der Waals surface area contributed by atoms with E-state index < -0.39 is 6.10 Å². The molecule has 0 radical (unpaired) electrons. The molecule has 2 aromatic heterocycles. The van der Waals surface area contributed by atoms with Crippen molar-refractivity contribution >= 4 is 23.2 Å². The van der Waals surface area contributed by atoms with Crippen molar-refractivity contribution in [3.8, 4) is 0 Å². The molecule has 2 saturated heterocycles. The smallest absolute Gasteiger partial charge is 0.255 e. The van der Waals surface area contributed by atoms with Gasteiger partial charge in [0.1, 0.15) is 0 Å². The Labute approximate surface area is 174 Å². The number of aromatic nitrogens is 1. The molecule has 2 aromatic rings. The van der Waals surface area contributed by atoms with Crippen LogP contribution in [-0.2, 0) is 14.3 Å². The third-order valence-corrected chi connectivity index (χ3v) is 6.31. The molecule has 29 heavy (non-hydrogen) atoms. The number of methoxy groups -OCH3 is 1. The molecule has 0 aromatic carbocycles. The summed E-state index contributed by atoms with van der Waals surface area (Å²) in [5.41, 5.74) is 1.77. The third-order valence-electron chi connectivity index (χ3n) is 5.63. The molecular formula is C21H25N3O4S. The number of β-lactam (4-membered cyclic amide) rings is 1. The Morgan fingerprint density at radius 1 is 1.21 bits per heavy atom. The first kappa shape index (κ1) is 20.0. The Kier molecular flexibility index (Phi) is 6.22. The van der Waals surface area contributed by atoms with E-state index in [4.69, 9.17) is 9.47 Å². The molecule has 8 heteroatoms. The lowest BCUT2D eigenvalue weighted by Gasteiger charge is -2.52. The summed E-state index contributed by atoms with van der Waals surface area (Å²) in [5, 5.41) is 3.80. The van der Waals surface area contributed by atoms with Gasteiger partial charge in [0.2, 0.25) is 0 Å². The second-order valence-electron chi connectivity index (χ2n) is 7.29. The number of nitrogens with zero attached hydrogens (tertiary/aromatic N) is 3. The molecule has 0 saturated carbocycles. The van der Waals surface area contributed by atoms with Crippen LogP contribution in [0.5, 0.6) is 0 Å². The van der Waals surface area contributed by atoms with Crippen molar-refractivity contribution in [1.29, 1.82) is 0 Å². The predicted octanol–water partition coefficient (Wildman–Crippen LogP) is 2.36. The van der Waals surface area contributed by atoms with E-state index in [2.05, 4.69) is 4.98 Å². The number of pyridine rings is 1. The van der Waals surface area contributed by atoms with Gasteiger partial charge in [0.15, 0.2) is 6.10 Å². The minimum Gasteiger partial charge on any atom is -0.382 e. The molecule has 0 bridgehead atoms. The lowest BCUT2D eigenvalue weighted by molar-refractivity contribution is -0.183. The fourth-order valence-electron chi connectivity index (χ4n) is 4.12. The van der Waals surface area contributed by atoms with E-state index >= 15 is 0 Å². The van der Waals surface area contributed by atoms with Crippen LogP contribution in [0, 0.1) is 0 Å². The lowest BCUT2D eigenvalue weighted by Crippen LogP contribution is -2.65. The maximum atomic E-state index is 12.9. The van der Waals surface area contributed by atoms with Crippen LogP contribution >= 0.6 is 11.3 Å². The van der Waals surface area contributed by atoms with Gasteiger partial charge in [-0.2, -0.15) is 11.3 Å². The van der Waals surface area contributed by atoms with Crippen LogP contribution in [-0.4, -0.2) is 72.2 Å². The summed E-state index contributed by atoms with van der Waals surface area (Å²) < 4.78 is 10.9. The van der Waals surface area contributed by atoms with E-state index in [0.717, 1.165) is 24.0 Å². The average Bonchev–Trinajstić information content (AvgIpc) is 3.30. The summed E-state index contributed by atoms with van der Waals surface area (Å²) in [4.78, 5) is 33.4. The number of rotatable bonds is 7. The van der Waals surface area contributed by atoms with Crippen LogP contribution in [0.1, 0.15) is 34.8 Å². The van der Waals surface area contributed by atoms with Gasteiger partial charge in [-0.05, 0) is 42.0 Å². The molecule has 2 fully saturated rings.